The molecule has 2 heterocycles. The Hall–Kier alpha value is -0.710. The molecule has 1 aromatic carbocycles. The highest BCUT2D eigenvalue weighted by Crippen LogP contribution is 2.48. The Bertz CT molecular complexity index is 457. The van der Waals surface area contributed by atoms with Crippen molar-refractivity contribution in [1.29, 1.82) is 0 Å². The highest BCUT2D eigenvalue weighted by Gasteiger charge is 2.40. The molecule has 104 valence electrons. The zero-order valence-corrected chi connectivity index (χ0v) is 12.3. The van der Waals surface area contributed by atoms with Crippen LogP contribution < -0.4 is 16.0 Å². The molecule has 19 heavy (non-hydrogen) atoms. The monoisotopic (exact) mass is 278 g/mol. The van der Waals surface area contributed by atoms with Crippen LogP contribution in [0.4, 0.5) is 0 Å². The first-order valence-electron chi connectivity index (χ1n) is 7.09. The first kappa shape index (κ1) is 13.3. The van der Waals surface area contributed by atoms with Gasteiger partial charge in [0.2, 0.25) is 0 Å². The summed E-state index contributed by atoms with van der Waals surface area (Å²) in [5.41, 5.74) is 5.61. The van der Waals surface area contributed by atoms with Crippen LogP contribution in [0.15, 0.2) is 18.2 Å². The van der Waals surface area contributed by atoms with E-state index in [0.717, 1.165) is 25.2 Å². The van der Waals surface area contributed by atoms with Gasteiger partial charge in [0.05, 0.1) is 12.6 Å². The zero-order valence-electron chi connectivity index (χ0n) is 11.4. The summed E-state index contributed by atoms with van der Waals surface area (Å²) in [6, 6.07) is 6.64. The van der Waals surface area contributed by atoms with Crippen LogP contribution >= 0.6 is 11.8 Å². The molecule has 3 N–H and O–H groups in total. The highest BCUT2D eigenvalue weighted by atomic mass is 32.2. The predicted molar refractivity (Wildman–Crippen MR) is 80.4 cm³/mol. The van der Waals surface area contributed by atoms with E-state index in [1.807, 2.05) is 11.8 Å². The van der Waals surface area contributed by atoms with Gasteiger partial charge in [-0.2, -0.15) is 11.8 Å². The molecule has 2 aliphatic rings. The maximum Gasteiger partial charge on any atom is 0.127 e. The third-order valence-corrected chi connectivity index (χ3v) is 5.89. The standard InChI is InChI=1S/C15H22N2OS/c1-15(8-4-10-19-15)14(17-16)12-7-2-5-11-6-3-9-18-13(11)12/h2,5,7,14,17H,3-4,6,8-10,16H2,1H3. The Morgan fingerprint density at radius 1 is 1.42 bits per heavy atom. The van der Waals surface area contributed by atoms with Crippen LogP contribution in [-0.4, -0.2) is 17.1 Å². The SMILES string of the molecule is CC1(C(NN)c2cccc3c2OCCC3)CCCS1. The van der Waals surface area contributed by atoms with E-state index in [2.05, 4.69) is 30.5 Å². The molecule has 0 saturated carbocycles. The second-order valence-corrected chi connectivity index (χ2v) is 7.28. The summed E-state index contributed by atoms with van der Waals surface area (Å²) in [5.74, 6) is 8.19. The maximum atomic E-state index is 5.94. The molecule has 3 rings (SSSR count). The van der Waals surface area contributed by atoms with Crippen molar-refractivity contribution in [2.45, 2.75) is 43.4 Å². The number of hydrogen-bond acceptors (Lipinski definition) is 4. The van der Waals surface area contributed by atoms with Gasteiger partial charge in [-0.1, -0.05) is 18.2 Å². The lowest BCUT2D eigenvalue weighted by Gasteiger charge is -2.35. The van der Waals surface area contributed by atoms with E-state index in [0.29, 0.717) is 0 Å². The maximum absolute atomic E-state index is 5.94. The Balaban J connectivity index is 1.99. The number of ether oxygens (including phenoxy) is 1. The van der Waals surface area contributed by atoms with Crippen molar-refractivity contribution < 1.29 is 4.74 Å². The number of nitrogens with two attached hydrogens (primary N) is 1. The van der Waals surface area contributed by atoms with E-state index in [1.54, 1.807) is 0 Å². The minimum atomic E-state index is 0.160. The summed E-state index contributed by atoms with van der Waals surface area (Å²) < 4.78 is 6.11. The number of benzene rings is 1. The molecule has 0 bridgehead atoms. The topological polar surface area (TPSA) is 47.3 Å². The number of rotatable bonds is 3. The number of thioether (sulfide) groups is 1. The minimum Gasteiger partial charge on any atom is -0.493 e. The van der Waals surface area contributed by atoms with Crippen molar-refractivity contribution in [3.05, 3.63) is 29.3 Å². The second kappa shape index (κ2) is 5.35. The lowest BCUT2D eigenvalue weighted by Crippen LogP contribution is -2.41. The number of aryl methyl sites for hydroxylation is 1. The van der Waals surface area contributed by atoms with Gasteiger partial charge in [-0.05, 0) is 43.9 Å². The van der Waals surface area contributed by atoms with Gasteiger partial charge in [0.25, 0.3) is 0 Å². The van der Waals surface area contributed by atoms with E-state index >= 15 is 0 Å². The molecule has 2 atom stereocenters. The lowest BCUT2D eigenvalue weighted by atomic mass is 9.88. The van der Waals surface area contributed by atoms with Gasteiger partial charge in [0, 0.05) is 10.3 Å². The molecule has 0 radical (unpaired) electrons. The van der Waals surface area contributed by atoms with Crippen LogP contribution in [0.3, 0.4) is 0 Å². The predicted octanol–water partition coefficient (Wildman–Crippen LogP) is 2.80. The average Bonchev–Trinajstić information content (AvgIpc) is 2.87. The van der Waals surface area contributed by atoms with Crippen LogP contribution in [0.1, 0.15) is 43.4 Å². The fraction of sp³-hybridized carbons (Fsp3) is 0.600. The Morgan fingerprint density at radius 3 is 3.05 bits per heavy atom. The average molecular weight is 278 g/mol. The smallest absolute Gasteiger partial charge is 0.127 e. The molecule has 2 aliphatic heterocycles. The normalized spacial score (nSPS) is 27.7. The van der Waals surface area contributed by atoms with Crippen molar-refractivity contribution in [3.63, 3.8) is 0 Å². The van der Waals surface area contributed by atoms with Gasteiger partial charge in [0.15, 0.2) is 0 Å². The minimum absolute atomic E-state index is 0.160. The van der Waals surface area contributed by atoms with E-state index in [-0.39, 0.29) is 10.8 Å². The fourth-order valence-electron chi connectivity index (χ4n) is 3.27. The Morgan fingerprint density at radius 2 is 2.32 bits per heavy atom. The number of nitrogens with one attached hydrogen (secondary N) is 1. The van der Waals surface area contributed by atoms with Crippen molar-refractivity contribution in [3.8, 4) is 5.75 Å². The number of hydrazine groups is 1. The highest BCUT2D eigenvalue weighted by molar-refractivity contribution is 8.00. The molecule has 0 aromatic heterocycles. The third-order valence-electron chi connectivity index (χ3n) is 4.30. The zero-order chi connectivity index (χ0) is 13.3. The van der Waals surface area contributed by atoms with Crippen molar-refractivity contribution >= 4 is 11.8 Å². The lowest BCUT2D eigenvalue weighted by molar-refractivity contribution is 0.277. The van der Waals surface area contributed by atoms with E-state index in [1.165, 1.54) is 29.7 Å². The number of hydrogen-bond donors (Lipinski definition) is 2. The summed E-state index contributed by atoms with van der Waals surface area (Å²) in [4.78, 5) is 0. The van der Waals surface area contributed by atoms with Gasteiger partial charge < -0.3 is 4.74 Å². The molecule has 0 spiro atoms. The van der Waals surface area contributed by atoms with Gasteiger partial charge in [-0.25, -0.2) is 0 Å². The van der Waals surface area contributed by atoms with Gasteiger partial charge in [0.1, 0.15) is 5.75 Å². The third kappa shape index (κ3) is 2.37. The molecule has 1 fully saturated rings. The largest absolute Gasteiger partial charge is 0.493 e. The number of para-hydroxylation sites is 1. The Kier molecular flexibility index (Phi) is 3.74. The van der Waals surface area contributed by atoms with E-state index < -0.39 is 0 Å². The molecular weight excluding hydrogens is 256 g/mol. The quantitative estimate of drug-likeness (QED) is 0.659. The van der Waals surface area contributed by atoms with Crippen LogP contribution in [0, 0.1) is 0 Å². The Labute approximate surface area is 119 Å². The summed E-state index contributed by atoms with van der Waals surface area (Å²) >= 11 is 2.02. The number of fused-ring (bicyclic) bond motifs is 1. The molecular formula is C15H22N2OS. The van der Waals surface area contributed by atoms with Crippen LogP contribution in [0.5, 0.6) is 5.75 Å². The van der Waals surface area contributed by atoms with Crippen LogP contribution in [0.2, 0.25) is 0 Å². The molecule has 3 nitrogen and oxygen atoms in total. The van der Waals surface area contributed by atoms with Crippen molar-refractivity contribution in [2.24, 2.45) is 5.84 Å². The molecule has 2 unspecified atom stereocenters. The van der Waals surface area contributed by atoms with Crippen molar-refractivity contribution in [2.75, 3.05) is 12.4 Å². The summed E-state index contributed by atoms with van der Waals surface area (Å²) in [6.07, 6.45) is 4.71. The van der Waals surface area contributed by atoms with Crippen LogP contribution in [0.25, 0.3) is 0 Å². The second-order valence-electron chi connectivity index (χ2n) is 5.65. The first-order chi connectivity index (χ1) is 9.24. The van der Waals surface area contributed by atoms with Gasteiger partial charge >= 0.3 is 0 Å². The van der Waals surface area contributed by atoms with Crippen molar-refractivity contribution in [1.82, 2.24) is 5.43 Å². The van der Waals surface area contributed by atoms with Gasteiger partial charge in [-0.3, -0.25) is 11.3 Å². The first-order valence-corrected chi connectivity index (χ1v) is 8.08. The molecule has 0 aliphatic carbocycles. The molecule has 0 amide bonds. The molecule has 4 heteroatoms. The summed E-state index contributed by atoms with van der Waals surface area (Å²) in [7, 11) is 0. The van der Waals surface area contributed by atoms with E-state index in [4.69, 9.17) is 10.6 Å². The molecule has 1 aromatic rings. The van der Waals surface area contributed by atoms with Crippen LogP contribution in [-0.2, 0) is 6.42 Å². The summed E-state index contributed by atoms with van der Waals surface area (Å²) in [5, 5.41) is 0. The van der Waals surface area contributed by atoms with Gasteiger partial charge in [-0.15, -0.1) is 0 Å². The molecule has 1 saturated heterocycles. The van der Waals surface area contributed by atoms with E-state index in [9.17, 15) is 0 Å². The summed E-state index contributed by atoms with van der Waals surface area (Å²) in [6.45, 7) is 3.14. The fourth-order valence-corrected chi connectivity index (χ4v) is 4.67.